The van der Waals surface area contributed by atoms with Crippen molar-refractivity contribution in [3.8, 4) is 0 Å². The van der Waals surface area contributed by atoms with Gasteiger partial charge in [-0.3, -0.25) is 14.0 Å². The highest BCUT2D eigenvalue weighted by molar-refractivity contribution is 5.93. The number of carbonyl (C=O) groups excluding carboxylic acids is 1. The summed E-state index contributed by atoms with van der Waals surface area (Å²) in [4.78, 5) is 31.1. The standard InChI is InChI=1S/C17H21N3O3/c1-2-10-23-13-6-5-8-19(12-13)16(21)14-11-18-15-7-3-4-9-20(15)17(14)22/h3-4,7,9,11,13H,2,5-6,8,10,12H2,1H3/t13-/m0/s1. The van der Waals surface area contributed by atoms with Crippen LogP contribution in [0, 0.1) is 0 Å². The van der Waals surface area contributed by atoms with Gasteiger partial charge in [0.2, 0.25) is 0 Å². The van der Waals surface area contributed by atoms with Crippen LogP contribution in [0.5, 0.6) is 0 Å². The fourth-order valence-electron chi connectivity index (χ4n) is 2.89. The molecule has 2 aromatic rings. The van der Waals surface area contributed by atoms with E-state index < -0.39 is 0 Å². The van der Waals surface area contributed by atoms with Crippen LogP contribution in [0.4, 0.5) is 0 Å². The van der Waals surface area contributed by atoms with Crippen LogP contribution < -0.4 is 5.56 Å². The lowest BCUT2D eigenvalue weighted by molar-refractivity contribution is 0.00203. The first kappa shape index (κ1) is 15.7. The number of nitrogens with zero attached hydrogens (tertiary/aromatic N) is 3. The van der Waals surface area contributed by atoms with Gasteiger partial charge in [-0.05, 0) is 31.4 Å². The van der Waals surface area contributed by atoms with Gasteiger partial charge in [-0.1, -0.05) is 13.0 Å². The second-order valence-electron chi connectivity index (χ2n) is 5.79. The van der Waals surface area contributed by atoms with E-state index in [1.165, 1.54) is 10.6 Å². The SMILES string of the molecule is CCCO[C@H]1CCCN(C(=O)c2cnc3ccccn3c2=O)C1. The number of hydrogen-bond donors (Lipinski definition) is 0. The summed E-state index contributed by atoms with van der Waals surface area (Å²) in [6.45, 7) is 3.96. The molecule has 0 saturated carbocycles. The number of piperidine rings is 1. The Kier molecular flexibility index (Phi) is 4.71. The van der Waals surface area contributed by atoms with Gasteiger partial charge in [0.25, 0.3) is 11.5 Å². The average Bonchev–Trinajstić information content (AvgIpc) is 2.60. The molecule has 3 rings (SSSR count). The molecular weight excluding hydrogens is 294 g/mol. The van der Waals surface area contributed by atoms with Crippen LogP contribution >= 0.6 is 0 Å². The van der Waals surface area contributed by atoms with Crippen LogP contribution in [-0.2, 0) is 4.74 Å². The van der Waals surface area contributed by atoms with Crippen molar-refractivity contribution in [1.82, 2.24) is 14.3 Å². The van der Waals surface area contributed by atoms with Gasteiger partial charge in [0.1, 0.15) is 11.2 Å². The third-order valence-corrected chi connectivity index (χ3v) is 4.07. The molecule has 0 bridgehead atoms. The Balaban J connectivity index is 1.82. The molecule has 6 nitrogen and oxygen atoms in total. The van der Waals surface area contributed by atoms with Gasteiger partial charge >= 0.3 is 0 Å². The summed E-state index contributed by atoms with van der Waals surface area (Å²) in [5, 5.41) is 0. The van der Waals surface area contributed by atoms with E-state index in [-0.39, 0.29) is 23.1 Å². The van der Waals surface area contributed by atoms with Crippen molar-refractivity contribution in [2.75, 3.05) is 19.7 Å². The Bertz CT molecular complexity index is 756. The quantitative estimate of drug-likeness (QED) is 0.862. The maximum absolute atomic E-state index is 12.7. The zero-order chi connectivity index (χ0) is 16.2. The molecule has 0 N–H and O–H groups in total. The predicted octanol–water partition coefficient (Wildman–Crippen LogP) is 1.73. The highest BCUT2D eigenvalue weighted by Crippen LogP contribution is 2.15. The summed E-state index contributed by atoms with van der Waals surface area (Å²) in [6.07, 6.45) is 5.88. The van der Waals surface area contributed by atoms with E-state index in [0.717, 1.165) is 19.3 Å². The van der Waals surface area contributed by atoms with E-state index in [4.69, 9.17) is 4.74 Å². The molecule has 23 heavy (non-hydrogen) atoms. The van der Waals surface area contributed by atoms with Crippen molar-refractivity contribution in [1.29, 1.82) is 0 Å². The summed E-state index contributed by atoms with van der Waals surface area (Å²) in [5.41, 5.74) is 0.332. The molecule has 0 spiro atoms. The van der Waals surface area contributed by atoms with Crippen LogP contribution in [0.25, 0.3) is 5.65 Å². The second-order valence-corrected chi connectivity index (χ2v) is 5.79. The third kappa shape index (κ3) is 3.27. The molecule has 1 aliphatic heterocycles. The van der Waals surface area contributed by atoms with Crippen molar-refractivity contribution < 1.29 is 9.53 Å². The molecule has 1 fully saturated rings. The van der Waals surface area contributed by atoms with E-state index in [9.17, 15) is 9.59 Å². The smallest absolute Gasteiger partial charge is 0.270 e. The predicted molar refractivity (Wildman–Crippen MR) is 86.6 cm³/mol. The molecular formula is C17H21N3O3. The molecule has 3 heterocycles. The van der Waals surface area contributed by atoms with Crippen molar-refractivity contribution in [2.24, 2.45) is 0 Å². The molecule has 1 saturated heterocycles. The number of likely N-dealkylation sites (tertiary alicyclic amines) is 1. The first-order valence-corrected chi connectivity index (χ1v) is 8.08. The molecule has 0 unspecified atom stereocenters. The minimum absolute atomic E-state index is 0.0591. The van der Waals surface area contributed by atoms with E-state index in [2.05, 4.69) is 11.9 Å². The highest BCUT2D eigenvalue weighted by atomic mass is 16.5. The molecule has 1 atom stereocenters. The fraction of sp³-hybridized carbons (Fsp3) is 0.471. The number of pyridine rings is 1. The molecule has 2 aromatic heterocycles. The second kappa shape index (κ2) is 6.91. The third-order valence-electron chi connectivity index (χ3n) is 4.07. The van der Waals surface area contributed by atoms with Gasteiger partial charge in [0.15, 0.2) is 0 Å². The summed E-state index contributed by atoms with van der Waals surface area (Å²) in [6, 6.07) is 5.30. The van der Waals surface area contributed by atoms with Gasteiger partial charge in [-0.15, -0.1) is 0 Å². The topological polar surface area (TPSA) is 63.9 Å². The molecule has 0 aliphatic carbocycles. The van der Waals surface area contributed by atoms with Gasteiger partial charge < -0.3 is 9.64 Å². The number of ether oxygens (including phenoxy) is 1. The van der Waals surface area contributed by atoms with Gasteiger partial charge in [-0.2, -0.15) is 0 Å². The Hall–Kier alpha value is -2.21. The van der Waals surface area contributed by atoms with E-state index in [1.807, 2.05) is 6.07 Å². The summed E-state index contributed by atoms with van der Waals surface area (Å²) < 4.78 is 7.16. The van der Waals surface area contributed by atoms with Crippen molar-refractivity contribution in [3.63, 3.8) is 0 Å². The van der Waals surface area contributed by atoms with Crippen molar-refractivity contribution >= 4 is 11.6 Å². The molecule has 1 aliphatic rings. The monoisotopic (exact) mass is 315 g/mol. The largest absolute Gasteiger partial charge is 0.376 e. The van der Waals surface area contributed by atoms with E-state index in [0.29, 0.717) is 25.3 Å². The number of carbonyl (C=O) groups is 1. The summed E-state index contributed by atoms with van der Waals surface area (Å²) >= 11 is 0. The first-order chi connectivity index (χ1) is 11.2. The molecule has 122 valence electrons. The maximum Gasteiger partial charge on any atom is 0.270 e. The number of amides is 1. The molecule has 0 radical (unpaired) electrons. The Morgan fingerprint density at radius 2 is 2.30 bits per heavy atom. The highest BCUT2D eigenvalue weighted by Gasteiger charge is 2.26. The van der Waals surface area contributed by atoms with Crippen LogP contribution in [0.1, 0.15) is 36.5 Å². The minimum Gasteiger partial charge on any atom is -0.376 e. The lowest BCUT2D eigenvalue weighted by Crippen LogP contribution is -2.45. The van der Waals surface area contributed by atoms with Crippen LogP contribution in [0.15, 0.2) is 35.4 Å². The normalized spacial score (nSPS) is 18.3. The number of hydrogen-bond acceptors (Lipinski definition) is 4. The Morgan fingerprint density at radius 3 is 3.13 bits per heavy atom. The first-order valence-electron chi connectivity index (χ1n) is 8.08. The summed E-state index contributed by atoms with van der Waals surface area (Å²) in [5.74, 6) is -0.259. The molecule has 0 aromatic carbocycles. The van der Waals surface area contributed by atoms with Crippen molar-refractivity contribution in [3.05, 3.63) is 46.5 Å². The van der Waals surface area contributed by atoms with Gasteiger partial charge in [-0.25, -0.2) is 4.98 Å². The fourth-order valence-corrected chi connectivity index (χ4v) is 2.89. The van der Waals surface area contributed by atoms with Gasteiger partial charge in [0.05, 0.1) is 6.10 Å². The summed E-state index contributed by atoms with van der Waals surface area (Å²) in [7, 11) is 0. The van der Waals surface area contributed by atoms with Gasteiger partial charge in [0, 0.05) is 32.1 Å². The molecule has 6 heteroatoms. The van der Waals surface area contributed by atoms with E-state index >= 15 is 0 Å². The molecule has 1 amide bonds. The maximum atomic E-state index is 12.7. The number of rotatable bonds is 4. The number of aromatic nitrogens is 2. The zero-order valence-electron chi connectivity index (χ0n) is 13.3. The minimum atomic E-state index is -0.322. The van der Waals surface area contributed by atoms with Crippen LogP contribution in [-0.4, -0.2) is 46.0 Å². The lowest BCUT2D eigenvalue weighted by atomic mass is 10.1. The van der Waals surface area contributed by atoms with Crippen molar-refractivity contribution in [2.45, 2.75) is 32.3 Å². The van der Waals surface area contributed by atoms with Crippen LogP contribution in [0.2, 0.25) is 0 Å². The Labute approximate surface area is 134 Å². The lowest BCUT2D eigenvalue weighted by Gasteiger charge is -2.32. The van der Waals surface area contributed by atoms with E-state index in [1.54, 1.807) is 23.2 Å². The number of fused-ring (bicyclic) bond motifs is 1. The Morgan fingerprint density at radius 1 is 1.43 bits per heavy atom. The average molecular weight is 315 g/mol. The zero-order valence-corrected chi connectivity index (χ0v) is 13.3. The van der Waals surface area contributed by atoms with Crippen LogP contribution in [0.3, 0.4) is 0 Å².